The number of para-hydroxylation sites is 1. The molecule has 2 amide bonds. The second-order valence-corrected chi connectivity index (χ2v) is 6.82. The van der Waals surface area contributed by atoms with Crippen LogP contribution in [0.4, 0.5) is 11.4 Å². The van der Waals surface area contributed by atoms with Crippen molar-refractivity contribution in [3.8, 4) is 6.07 Å². The maximum Gasteiger partial charge on any atom is 0.267 e. The van der Waals surface area contributed by atoms with Crippen molar-refractivity contribution >= 4 is 33.2 Å². The van der Waals surface area contributed by atoms with Gasteiger partial charge in [-0.05, 0) is 36.4 Å². The zero-order valence-corrected chi connectivity index (χ0v) is 14.7. The normalized spacial score (nSPS) is 11.3. The number of rotatable bonds is 5. The molecule has 0 unspecified atom stereocenters. The molecule has 138 valence electrons. The number of benzene rings is 2. The zero-order valence-electron chi connectivity index (χ0n) is 13.8. The topological polar surface area (TPSA) is 168 Å². The molecule has 0 saturated heterocycles. The molecule has 0 aromatic heterocycles. The Kier molecular flexibility index (Phi) is 5.92. The molecule has 0 saturated carbocycles. The molecular weight excluding hydrogens is 370 g/mol. The van der Waals surface area contributed by atoms with Crippen LogP contribution < -0.4 is 21.5 Å². The van der Waals surface area contributed by atoms with Crippen LogP contribution in [0.2, 0.25) is 0 Å². The summed E-state index contributed by atoms with van der Waals surface area (Å²) in [7, 11) is -3.85. The molecule has 9 nitrogen and oxygen atoms in total. The van der Waals surface area contributed by atoms with E-state index in [4.69, 9.17) is 16.1 Å². The number of nitrogens with one attached hydrogen (secondary N) is 2. The molecule has 2 aromatic carbocycles. The fourth-order valence-corrected chi connectivity index (χ4v) is 2.51. The lowest BCUT2D eigenvalue weighted by molar-refractivity contribution is -0.112. The Balaban J connectivity index is 2.09. The van der Waals surface area contributed by atoms with Crippen molar-refractivity contribution in [2.45, 2.75) is 4.90 Å². The minimum absolute atomic E-state index is 0.121. The Labute approximate surface area is 155 Å². The Hall–Kier alpha value is -3.68. The molecule has 27 heavy (non-hydrogen) atoms. The first kappa shape index (κ1) is 19.6. The summed E-state index contributed by atoms with van der Waals surface area (Å²) in [5.41, 5.74) is 6.01. The molecule has 0 heterocycles. The largest absolute Gasteiger partial charge is 0.398 e. The molecule has 0 aliphatic rings. The van der Waals surface area contributed by atoms with Crippen molar-refractivity contribution in [2.24, 2.45) is 5.14 Å². The third-order valence-corrected chi connectivity index (χ3v) is 4.29. The highest BCUT2D eigenvalue weighted by molar-refractivity contribution is 7.89. The van der Waals surface area contributed by atoms with Crippen LogP contribution >= 0.6 is 0 Å². The van der Waals surface area contributed by atoms with Crippen LogP contribution in [0.1, 0.15) is 10.4 Å². The highest BCUT2D eigenvalue weighted by Crippen LogP contribution is 2.14. The van der Waals surface area contributed by atoms with Crippen molar-refractivity contribution in [1.29, 1.82) is 5.26 Å². The van der Waals surface area contributed by atoms with Gasteiger partial charge in [-0.2, -0.15) is 5.26 Å². The highest BCUT2D eigenvalue weighted by atomic mass is 32.2. The average Bonchev–Trinajstić information content (AvgIpc) is 2.62. The monoisotopic (exact) mass is 385 g/mol. The molecule has 0 aliphatic carbocycles. The van der Waals surface area contributed by atoms with Crippen molar-refractivity contribution < 1.29 is 18.0 Å². The second-order valence-electron chi connectivity index (χ2n) is 5.25. The Morgan fingerprint density at radius 3 is 2.26 bits per heavy atom. The number of hydrogen-bond acceptors (Lipinski definition) is 6. The van der Waals surface area contributed by atoms with Gasteiger partial charge in [0, 0.05) is 17.6 Å². The molecule has 2 rings (SSSR count). The number of primary sulfonamides is 1. The summed E-state index contributed by atoms with van der Waals surface area (Å²) in [5, 5.41) is 18.8. The summed E-state index contributed by atoms with van der Waals surface area (Å²) in [5.74, 6) is -1.37. The highest BCUT2D eigenvalue weighted by Gasteiger charge is 2.13. The van der Waals surface area contributed by atoms with Crippen LogP contribution in [0.25, 0.3) is 0 Å². The summed E-state index contributed by atoms with van der Waals surface area (Å²) < 4.78 is 22.4. The first-order valence-electron chi connectivity index (χ1n) is 7.42. The maximum atomic E-state index is 12.1. The van der Waals surface area contributed by atoms with Gasteiger partial charge in [0.15, 0.2) is 0 Å². The lowest BCUT2D eigenvalue weighted by Crippen LogP contribution is -2.22. The minimum atomic E-state index is -3.85. The van der Waals surface area contributed by atoms with Gasteiger partial charge in [-0.25, -0.2) is 13.6 Å². The van der Waals surface area contributed by atoms with Gasteiger partial charge < -0.3 is 16.4 Å². The Bertz CT molecular complexity index is 1050. The maximum absolute atomic E-state index is 12.1. The molecular formula is C17H15N5O4S. The lowest BCUT2D eigenvalue weighted by Gasteiger charge is -2.06. The van der Waals surface area contributed by atoms with Crippen molar-refractivity contribution in [3.05, 3.63) is 65.9 Å². The van der Waals surface area contributed by atoms with Crippen LogP contribution in [-0.2, 0) is 14.8 Å². The summed E-state index contributed by atoms with van der Waals surface area (Å²) in [4.78, 5) is 24.1. The van der Waals surface area contributed by atoms with Crippen LogP contribution in [0.15, 0.2) is 65.2 Å². The fourth-order valence-electron chi connectivity index (χ4n) is 1.99. The third kappa shape index (κ3) is 5.15. The molecule has 2 aromatic rings. The van der Waals surface area contributed by atoms with E-state index in [-0.39, 0.29) is 27.4 Å². The quantitative estimate of drug-likeness (QED) is 0.335. The average molecular weight is 385 g/mol. The Morgan fingerprint density at radius 1 is 1.07 bits per heavy atom. The predicted octanol–water partition coefficient (Wildman–Crippen LogP) is 0.692. The van der Waals surface area contributed by atoms with Gasteiger partial charge in [-0.15, -0.1) is 0 Å². The van der Waals surface area contributed by atoms with Crippen LogP contribution in [0.5, 0.6) is 0 Å². The van der Waals surface area contributed by atoms with Crippen LogP contribution in [-0.4, -0.2) is 20.2 Å². The van der Waals surface area contributed by atoms with Gasteiger partial charge >= 0.3 is 0 Å². The van der Waals surface area contributed by atoms with E-state index < -0.39 is 21.8 Å². The van der Waals surface area contributed by atoms with E-state index in [1.807, 2.05) is 0 Å². The number of anilines is 2. The van der Waals surface area contributed by atoms with E-state index in [9.17, 15) is 18.0 Å². The number of carbonyl (C=O) groups excluding carboxylic acids is 2. The number of hydrogen-bond donors (Lipinski definition) is 4. The molecule has 10 heteroatoms. The fraction of sp³-hybridized carbons (Fsp3) is 0. The third-order valence-electron chi connectivity index (χ3n) is 3.36. The number of nitrogen functional groups attached to an aromatic ring is 1. The smallest absolute Gasteiger partial charge is 0.267 e. The summed E-state index contributed by atoms with van der Waals surface area (Å²) >= 11 is 0. The molecule has 0 radical (unpaired) electrons. The van der Waals surface area contributed by atoms with E-state index in [0.717, 1.165) is 6.20 Å². The summed E-state index contributed by atoms with van der Waals surface area (Å²) in [6, 6.07) is 13.0. The predicted molar refractivity (Wildman–Crippen MR) is 98.5 cm³/mol. The number of sulfonamides is 1. The first-order chi connectivity index (χ1) is 12.7. The van der Waals surface area contributed by atoms with Gasteiger partial charge in [-0.1, -0.05) is 12.1 Å². The number of amides is 2. The molecule has 0 fully saturated rings. The van der Waals surface area contributed by atoms with Gasteiger partial charge in [0.2, 0.25) is 10.0 Å². The Morgan fingerprint density at radius 2 is 1.70 bits per heavy atom. The van der Waals surface area contributed by atoms with Gasteiger partial charge in [0.1, 0.15) is 11.6 Å². The van der Waals surface area contributed by atoms with Gasteiger partial charge in [0.25, 0.3) is 11.8 Å². The second kappa shape index (κ2) is 8.13. The van der Waals surface area contributed by atoms with Gasteiger partial charge in [-0.3, -0.25) is 9.59 Å². The van der Waals surface area contributed by atoms with E-state index in [1.54, 1.807) is 24.3 Å². The van der Waals surface area contributed by atoms with Crippen LogP contribution in [0, 0.1) is 11.3 Å². The zero-order chi connectivity index (χ0) is 20.0. The van der Waals surface area contributed by atoms with Crippen LogP contribution in [0.3, 0.4) is 0 Å². The van der Waals surface area contributed by atoms with Crippen molar-refractivity contribution in [2.75, 3.05) is 11.1 Å². The number of nitrogens with two attached hydrogens (primary N) is 2. The van der Waals surface area contributed by atoms with E-state index in [2.05, 4.69) is 10.6 Å². The lowest BCUT2D eigenvalue weighted by atomic mass is 10.1. The molecule has 0 bridgehead atoms. The summed E-state index contributed by atoms with van der Waals surface area (Å²) in [6.07, 6.45) is 0.961. The number of nitriles is 1. The molecule has 0 aliphatic heterocycles. The SMILES string of the molecule is N#C/C(=C/NC(=O)c1ccccc1N)C(=O)Nc1ccc(S(N)(=O)=O)cc1. The minimum Gasteiger partial charge on any atom is -0.398 e. The van der Waals surface area contributed by atoms with Gasteiger partial charge in [0.05, 0.1) is 10.5 Å². The molecule has 0 spiro atoms. The van der Waals surface area contributed by atoms with E-state index in [1.165, 1.54) is 30.3 Å². The standard InChI is InChI=1S/C17H15N5O4S/c18-9-11(10-21-17(24)14-3-1-2-4-15(14)19)16(23)22-12-5-7-13(8-6-12)27(20,25)26/h1-8,10H,19H2,(H,21,24)(H,22,23)(H2,20,25,26)/b11-10-. The summed E-state index contributed by atoms with van der Waals surface area (Å²) in [6.45, 7) is 0. The first-order valence-corrected chi connectivity index (χ1v) is 8.97. The molecule has 6 N–H and O–H groups in total. The molecule has 0 atom stereocenters. The van der Waals surface area contributed by atoms with E-state index in [0.29, 0.717) is 0 Å². The number of nitrogens with zero attached hydrogens (tertiary/aromatic N) is 1. The van der Waals surface area contributed by atoms with Crippen molar-refractivity contribution in [3.63, 3.8) is 0 Å². The van der Waals surface area contributed by atoms with Crippen molar-refractivity contribution in [1.82, 2.24) is 5.32 Å². The number of carbonyl (C=O) groups is 2. The van der Waals surface area contributed by atoms with E-state index >= 15 is 0 Å².